The molecule has 2 N–H and O–H groups in total. The lowest BCUT2D eigenvalue weighted by atomic mass is 10.1. The number of anilines is 1. The number of hydrogen-bond donors (Lipinski definition) is 2. The Morgan fingerprint density at radius 2 is 1.82 bits per heavy atom. The predicted octanol–water partition coefficient (Wildman–Crippen LogP) is 2.90. The van der Waals surface area contributed by atoms with E-state index in [1.54, 1.807) is 36.8 Å². The number of benzene rings is 1. The zero-order chi connectivity index (χ0) is 15.2. The van der Waals surface area contributed by atoms with E-state index in [0.29, 0.717) is 12.4 Å². The first kappa shape index (κ1) is 14.0. The molecule has 0 aliphatic rings. The van der Waals surface area contributed by atoms with Gasteiger partial charge in [-0.3, -0.25) is 9.97 Å². The number of pyridine rings is 1. The van der Waals surface area contributed by atoms with Gasteiger partial charge in [-0.05, 0) is 24.3 Å². The molecule has 0 radical (unpaired) electrons. The summed E-state index contributed by atoms with van der Waals surface area (Å²) in [5, 5.41) is 12.9. The molecule has 0 atom stereocenters. The second kappa shape index (κ2) is 6.67. The lowest BCUT2D eigenvalue weighted by Crippen LogP contribution is -2.08. The van der Waals surface area contributed by atoms with Crippen LogP contribution in [-0.2, 0) is 6.42 Å². The Hall–Kier alpha value is -2.95. The zero-order valence-electron chi connectivity index (χ0n) is 12.0. The summed E-state index contributed by atoms with van der Waals surface area (Å²) in [7, 11) is 0. The maximum atomic E-state index is 9.61. The predicted molar refractivity (Wildman–Crippen MR) is 85.6 cm³/mol. The van der Waals surface area contributed by atoms with Crippen molar-refractivity contribution >= 4 is 5.82 Å². The minimum Gasteiger partial charge on any atom is -0.508 e. The summed E-state index contributed by atoms with van der Waals surface area (Å²) < 4.78 is 0. The summed E-state index contributed by atoms with van der Waals surface area (Å²) in [6.45, 7) is 0.710. The minimum absolute atomic E-state index is 0.211. The Morgan fingerprint density at radius 1 is 0.909 bits per heavy atom. The van der Waals surface area contributed by atoms with Gasteiger partial charge < -0.3 is 10.4 Å². The number of hydrogen-bond acceptors (Lipinski definition) is 5. The van der Waals surface area contributed by atoms with Crippen molar-refractivity contribution in [3.05, 3.63) is 66.7 Å². The lowest BCUT2D eigenvalue weighted by molar-refractivity contribution is 0.475. The highest BCUT2D eigenvalue weighted by atomic mass is 16.3. The van der Waals surface area contributed by atoms with E-state index in [4.69, 9.17) is 0 Å². The standard InChI is InChI=1S/C17H16N4O/c22-15-6-3-4-13(12-15)16-17(21-11-10-19-16)20-9-7-14-5-1-2-8-18-14/h1-6,8,10-12,22H,7,9H2,(H,20,21). The third-order valence-corrected chi connectivity index (χ3v) is 3.22. The van der Waals surface area contributed by atoms with Crippen molar-refractivity contribution in [3.63, 3.8) is 0 Å². The smallest absolute Gasteiger partial charge is 0.152 e. The number of aromatic hydroxyl groups is 1. The number of rotatable bonds is 5. The molecule has 1 aromatic carbocycles. The fourth-order valence-corrected chi connectivity index (χ4v) is 2.19. The maximum absolute atomic E-state index is 9.61. The van der Waals surface area contributed by atoms with E-state index in [1.807, 2.05) is 24.3 Å². The molecule has 0 spiro atoms. The molecule has 2 aromatic heterocycles. The molecule has 2 heterocycles. The van der Waals surface area contributed by atoms with Crippen molar-refractivity contribution in [2.24, 2.45) is 0 Å². The molecule has 0 saturated heterocycles. The number of aromatic nitrogens is 3. The van der Waals surface area contributed by atoms with Gasteiger partial charge in [0.15, 0.2) is 5.82 Å². The van der Waals surface area contributed by atoms with Gasteiger partial charge in [-0.15, -0.1) is 0 Å². The van der Waals surface area contributed by atoms with Crippen molar-refractivity contribution in [2.45, 2.75) is 6.42 Å². The van der Waals surface area contributed by atoms with E-state index < -0.39 is 0 Å². The third-order valence-electron chi connectivity index (χ3n) is 3.22. The van der Waals surface area contributed by atoms with Gasteiger partial charge >= 0.3 is 0 Å². The van der Waals surface area contributed by atoms with Crippen LogP contribution in [0.15, 0.2) is 61.1 Å². The molecule has 0 fully saturated rings. The Kier molecular flexibility index (Phi) is 4.25. The third kappa shape index (κ3) is 3.38. The van der Waals surface area contributed by atoms with E-state index in [9.17, 15) is 5.11 Å². The molecule has 0 aliphatic carbocycles. The van der Waals surface area contributed by atoms with Gasteiger partial charge in [-0.25, -0.2) is 4.98 Å². The van der Waals surface area contributed by atoms with Crippen LogP contribution in [0.5, 0.6) is 5.75 Å². The quantitative estimate of drug-likeness (QED) is 0.756. The highest BCUT2D eigenvalue weighted by Crippen LogP contribution is 2.26. The highest BCUT2D eigenvalue weighted by Gasteiger charge is 2.08. The van der Waals surface area contributed by atoms with Crippen LogP contribution in [0.4, 0.5) is 5.82 Å². The molecule has 0 amide bonds. The van der Waals surface area contributed by atoms with Gasteiger partial charge in [0.1, 0.15) is 11.4 Å². The van der Waals surface area contributed by atoms with E-state index >= 15 is 0 Å². The highest BCUT2D eigenvalue weighted by molar-refractivity contribution is 5.71. The average Bonchev–Trinajstić information content (AvgIpc) is 2.56. The molecule has 0 bridgehead atoms. The monoisotopic (exact) mass is 292 g/mol. The van der Waals surface area contributed by atoms with E-state index in [0.717, 1.165) is 23.4 Å². The molecule has 22 heavy (non-hydrogen) atoms. The van der Waals surface area contributed by atoms with E-state index in [2.05, 4.69) is 20.3 Å². The molecule has 3 rings (SSSR count). The molecule has 5 nitrogen and oxygen atoms in total. The molecule has 5 heteroatoms. The van der Waals surface area contributed by atoms with Crippen LogP contribution in [0, 0.1) is 0 Å². The second-order valence-corrected chi connectivity index (χ2v) is 4.80. The van der Waals surface area contributed by atoms with Crippen LogP contribution in [0.2, 0.25) is 0 Å². The summed E-state index contributed by atoms with van der Waals surface area (Å²) in [4.78, 5) is 13.0. The number of phenols is 1. The van der Waals surface area contributed by atoms with Gasteiger partial charge in [0.25, 0.3) is 0 Å². The van der Waals surface area contributed by atoms with Crippen LogP contribution in [0.1, 0.15) is 5.69 Å². The maximum Gasteiger partial charge on any atom is 0.152 e. The first-order valence-corrected chi connectivity index (χ1v) is 7.07. The summed E-state index contributed by atoms with van der Waals surface area (Å²) >= 11 is 0. The first-order chi connectivity index (χ1) is 10.8. The van der Waals surface area contributed by atoms with Crippen LogP contribution in [0.25, 0.3) is 11.3 Å². The number of phenolic OH excluding ortho intramolecular Hbond substituents is 1. The zero-order valence-corrected chi connectivity index (χ0v) is 12.0. The molecular formula is C17H16N4O. The average molecular weight is 292 g/mol. The van der Waals surface area contributed by atoms with Crippen molar-refractivity contribution in [2.75, 3.05) is 11.9 Å². The molecule has 110 valence electrons. The molecule has 3 aromatic rings. The van der Waals surface area contributed by atoms with E-state index in [-0.39, 0.29) is 5.75 Å². The topological polar surface area (TPSA) is 70.9 Å². The fraction of sp³-hybridized carbons (Fsp3) is 0.118. The Labute approximate surface area is 128 Å². The van der Waals surface area contributed by atoms with Crippen molar-refractivity contribution < 1.29 is 5.11 Å². The fourth-order valence-electron chi connectivity index (χ4n) is 2.19. The van der Waals surface area contributed by atoms with Crippen LogP contribution in [0.3, 0.4) is 0 Å². The van der Waals surface area contributed by atoms with Gasteiger partial charge in [0.05, 0.1) is 0 Å². The Balaban J connectivity index is 1.74. The first-order valence-electron chi connectivity index (χ1n) is 7.07. The normalized spacial score (nSPS) is 10.4. The van der Waals surface area contributed by atoms with Gasteiger partial charge in [-0.2, -0.15) is 0 Å². The minimum atomic E-state index is 0.211. The lowest BCUT2D eigenvalue weighted by Gasteiger charge is -2.10. The molecule has 0 aliphatic heterocycles. The Bertz CT molecular complexity index is 746. The summed E-state index contributed by atoms with van der Waals surface area (Å²) in [6, 6.07) is 12.9. The number of nitrogens with one attached hydrogen (secondary N) is 1. The van der Waals surface area contributed by atoms with Gasteiger partial charge in [0, 0.05) is 42.8 Å². The van der Waals surface area contributed by atoms with Crippen LogP contribution in [-0.4, -0.2) is 26.6 Å². The summed E-state index contributed by atoms with van der Waals surface area (Å²) in [5.41, 5.74) is 2.57. The second-order valence-electron chi connectivity index (χ2n) is 4.80. The van der Waals surface area contributed by atoms with Crippen molar-refractivity contribution in [1.82, 2.24) is 15.0 Å². The Morgan fingerprint density at radius 3 is 2.64 bits per heavy atom. The summed E-state index contributed by atoms with van der Waals surface area (Å²) in [6.07, 6.45) is 5.88. The van der Waals surface area contributed by atoms with Crippen LogP contribution < -0.4 is 5.32 Å². The number of nitrogens with zero attached hydrogens (tertiary/aromatic N) is 3. The SMILES string of the molecule is Oc1cccc(-c2nccnc2NCCc2ccccn2)c1. The largest absolute Gasteiger partial charge is 0.508 e. The molecule has 0 saturated carbocycles. The van der Waals surface area contributed by atoms with Gasteiger partial charge in [0.2, 0.25) is 0 Å². The molecular weight excluding hydrogens is 276 g/mol. The summed E-state index contributed by atoms with van der Waals surface area (Å²) in [5.74, 6) is 0.909. The van der Waals surface area contributed by atoms with Crippen molar-refractivity contribution in [1.29, 1.82) is 0 Å². The van der Waals surface area contributed by atoms with Gasteiger partial charge in [-0.1, -0.05) is 18.2 Å². The van der Waals surface area contributed by atoms with E-state index in [1.165, 1.54) is 0 Å². The molecule has 0 unspecified atom stereocenters. The van der Waals surface area contributed by atoms with Crippen molar-refractivity contribution in [3.8, 4) is 17.0 Å². The van der Waals surface area contributed by atoms with Crippen LogP contribution >= 0.6 is 0 Å².